The fourth-order valence-electron chi connectivity index (χ4n) is 2.77. The van der Waals surface area contributed by atoms with E-state index in [2.05, 4.69) is 51.6 Å². The van der Waals surface area contributed by atoms with E-state index < -0.39 is 0 Å². The molecule has 160 valence electrons. The van der Waals surface area contributed by atoms with Gasteiger partial charge in [-0.2, -0.15) is 0 Å². The highest BCUT2D eigenvalue weighted by Gasteiger charge is 2.08. The van der Waals surface area contributed by atoms with Crippen LogP contribution < -0.4 is 16.0 Å². The van der Waals surface area contributed by atoms with E-state index >= 15 is 0 Å². The van der Waals surface area contributed by atoms with Gasteiger partial charge in [0.05, 0.1) is 0 Å². The van der Waals surface area contributed by atoms with Gasteiger partial charge in [0.25, 0.3) is 0 Å². The summed E-state index contributed by atoms with van der Waals surface area (Å²) in [6, 6.07) is 5.90. The Labute approximate surface area is 187 Å². The van der Waals surface area contributed by atoms with E-state index in [0.717, 1.165) is 44.1 Å². The number of halogens is 1. The Kier molecular flexibility index (Phi) is 14.7. The van der Waals surface area contributed by atoms with Crippen molar-refractivity contribution in [2.24, 2.45) is 4.99 Å². The molecule has 8 heteroatoms. The predicted molar refractivity (Wildman–Crippen MR) is 129 cm³/mol. The molecule has 1 unspecified atom stereocenters. The normalized spacial score (nSPS) is 12.3. The molecule has 0 aliphatic rings. The maximum absolute atomic E-state index is 12.0. The second-order valence-electron chi connectivity index (χ2n) is 6.68. The fraction of sp³-hybridized carbons (Fsp3) is 0.650. The highest BCUT2D eigenvalue weighted by molar-refractivity contribution is 14.0. The van der Waals surface area contributed by atoms with Crippen LogP contribution in [0, 0.1) is 6.92 Å². The molecule has 1 aromatic heterocycles. The summed E-state index contributed by atoms with van der Waals surface area (Å²) >= 11 is 0. The molecule has 1 rings (SSSR count). The Hall–Kier alpha value is -1.42. The van der Waals surface area contributed by atoms with Gasteiger partial charge in [0, 0.05) is 31.7 Å². The van der Waals surface area contributed by atoms with Gasteiger partial charge in [-0.05, 0) is 58.5 Å². The highest BCUT2D eigenvalue weighted by atomic mass is 127. The van der Waals surface area contributed by atoms with Crippen LogP contribution in [0.5, 0.6) is 0 Å². The Bertz CT molecular complexity index is 592. The summed E-state index contributed by atoms with van der Waals surface area (Å²) in [6.07, 6.45) is 2.59. The van der Waals surface area contributed by atoms with Crippen LogP contribution >= 0.6 is 24.0 Å². The lowest BCUT2D eigenvalue weighted by Crippen LogP contribution is -2.43. The van der Waals surface area contributed by atoms with Crippen molar-refractivity contribution in [2.75, 3.05) is 38.5 Å². The van der Waals surface area contributed by atoms with E-state index in [1.54, 1.807) is 13.1 Å². The van der Waals surface area contributed by atoms with Gasteiger partial charge in [0.15, 0.2) is 5.96 Å². The zero-order valence-electron chi connectivity index (χ0n) is 17.9. The number of anilines is 1. The van der Waals surface area contributed by atoms with E-state index in [1.165, 1.54) is 0 Å². The average molecular weight is 504 g/mol. The van der Waals surface area contributed by atoms with Crippen molar-refractivity contribution in [3.63, 3.8) is 0 Å². The monoisotopic (exact) mass is 504 g/mol. The molecular weight excluding hydrogens is 467 g/mol. The fourth-order valence-corrected chi connectivity index (χ4v) is 2.77. The molecule has 0 fully saturated rings. The lowest BCUT2D eigenvalue weighted by atomic mass is 10.2. The lowest BCUT2D eigenvalue weighted by Gasteiger charge is -2.21. The molecular formula is C20H37IN6O. The average Bonchev–Trinajstić information content (AvgIpc) is 2.64. The van der Waals surface area contributed by atoms with Gasteiger partial charge >= 0.3 is 0 Å². The van der Waals surface area contributed by atoms with Crippen LogP contribution in [0.15, 0.2) is 23.2 Å². The summed E-state index contributed by atoms with van der Waals surface area (Å²) in [6.45, 7) is 12.3. The molecule has 1 aromatic rings. The standard InChI is InChI=1S/C20H36N6O.HI/c1-6-26(7-2)15-9-11-17(4)24-20(21-5)22-14-13-19(27)25-18-12-8-10-16(3)23-18;/h8,10,12,17H,6-7,9,11,13-15H2,1-5H3,(H2,21,22,24)(H,23,25,27);1H. The third kappa shape index (κ3) is 11.4. The molecule has 0 aliphatic carbocycles. The van der Waals surface area contributed by atoms with E-state index in [9.17, 15) is 4.79 Å². The molecule has 0 saturated carbocycles. The molecule has 1 atom stereocenters. The van der Waals surface area contributed by atoms with Gasteiger partial charge in [-0.3, -0.25) is 9.79 Å². The zero-order chi connectivity index (χ0) is 20.1. The van der Waals surface area contributed by atoms with Crippen LogP contribution in [0.2, 0.25) is 0 Å². The number of pyridine rings is 1. The number of aromatic nitrogens is 1. The summed E-state index contributed by atoms with van der Waals surface area (Å²) in [5, 5.41) is 9.39. The number of aryl methyl sites for hydroxylation is 1. The molecule has 3 N–H and O–H groups in total. The number of guanidine groups is 1. The number of carbonyl (C=O) groups is 1. The molecule has 28 heavy (non-hydrogen) atoms. The topological polar surface area (TPSA) is 81.6 Å². The minimum Gasteiger partial charge on any atom is -0.356 e. The first-order chi connectivity index (χ1) is 13.0. The highest BCUT2D eigenvalue weighted by Crippen LogP contribution is 2.04. The van der Waals surface area contributed by atoms with Crippen molar-refractivity contribution in [1.82, 2.24) is 20.5 Å². The second kappa shape index (κ2) is 15.5. The first-order valence-electron chi connectivity index (χ1n) is 9.91. The number of amides is 1. The minimum absolute atomic E-state index is 0. The van der Waals surface area contributed by atoms with Gasteiger partial charge in [0.2, 0.25) is 5.91 Å². The van der Waals surface area contributed by atoms with Crippen LogP contribution in [0.1, 0.15) is 45.7 Å². The van der Waals surface area contributed by atoms with Gasteiger partial charge < -0.3 is 20.9 Å². The summed E-state index contributed by atoms with van der Waals surface area (Å²) in [4.78, 5) is 23.0. The van der Waals surface area contributed by atoms with E-state index in [0.29, 0.717) is 24.8 Å². The molecule has 1 heterocycles. The summed E-state index contributed by atoms with van der Waals surface area (Å²) < 4.78 is 0. The number of nitrogens with one attached hydrogen (secondary N) is 3. The lowest BCUT2D eigenvalue weighted by molar-refractivity contribution is -0.116. The predicted octanol–water partition coefficient (Wildman–Crippen LogP) is 3.01. The van der Waals surface area contributed by atoms with Gasteiger partial charge in [0.1, 0.15) is 5.82 Å². The van der Waals surface area contributed by atoms with Gasteiger partial charge in [-0.25, -0.2) is 4.98 Å². The number of rotatable bonds is 11. The smallest absolute Gasteiger partial charge is 0.227 e. The molecule has 7 nitrogen and oxygen atoms in total. The molecule has 0 saturated heterocycles. The van der Waals surface area contributed by atoms with E-state index in [4.69, 9.17) is 0 Å². The van der Waals surface area contributed by atoms with Gasteiger partial charge in [-0.15, -0.1) is 24.0 Å². The van der Waals surface area contributed by atoms with Crippen molar-refractivity contribution in [1.29, 1.82) is 0 Å². The second-order valence-corrected chi connectivity index (χ2v) is 6.68. The van der Waals surface area contributed by atoms with Crippen molar-refractivity contribution < 1.29 is 4.79 Å². The third-order valence-corrected chi connectivity index (χ3v) is 4.41. The third-order valence-electron chi connectivity index (χ3n) is 4.41. The molecule has 0 aromatic carbocycles. The van der Waals surface area contributed by atoms with E-state index in [1.807, 2.05) is 19.1 Å². The number of nitrogens with zero attached hydrogens (tertiary/aromatic N) is 3. The minimum atomic E-state index is -0.0664. The number of hydrogen-bond donors (Lipinski definition) is 3. The summed E-state index contributed by atoms with van der Waals surface area (Å²) in [5.41, 5.74) is 0.880. The number of carbonyl (C=O) groups excluding carboxylic acids is 1. The van der Waals surface area contributed by atoms with Crippen LogP contribution in [-0.4, -0.2) is 61.0 Å². The Morgan fingerprint density at radius 3 is 2.61 bits per heavy atom. The number of aliphatic imine (C=N–C) groups is 1. The quantitative estimate of drug-likeness (QED) is 0.245. The van der Waals surface area contributed by atoms with Crippen molar-refractivity contribution in [3.8, 4) is 0 Å². The Morgan fingerprint density at radius 1 is 1.29 bits per heavy atom. The Morgan fingerprint density at radius 2 is 2.00 bits per heavy atom. The first-order valence-corrected chi connectivity index (χ1v) is 9.91. The molecule has 0 aliphatic heterocycles. The molecule has 0 bridgehead atoms. The van der Waals surface area contributed by atoms with Crippen molar-refractivity contribution in [2.45, 2.75) is 53.0 Å². The Balaban J connectivity index is 0.00000729. The van der Waals surface area contributed by atoms with Crippen LogP contribution in [0.3, 0.4) is 0 Å². The van der Waals surface area contributed by atoms with Crippen LogP contribution in [0.25, 0.3) is 0 Å². The molecule has 1 amide bonds. The maximum Gasteiger partial charge on any atom is 0.227 e. The molecule has 0 spiro atoms. The van der Waals surface area contributed by atoms with Crippen molar-refractivity contribution in [3.05, 3.63) is 23.9 Å². The van der Waals surface area contributed by atoms with Crippen LogP contribution in [0.4, 0.5) is 5.82 Å². The van der Waals surface area contributed by atoms with Crippen LogP contribution in [-0.2, 0) is 4.79 Å². The summed E-state index contributed by atoms with van der Waals surface area (Å²) in [7, 11) is 1.74. The van der Waals surface area contributed by atoms with E-state index in [-0.39, 0.29) is 29.9 Å². The zero-order valence-corrected chi connectivity index (χ0v) is 20.2. The van der Waals surface area contributed by atoms with Crippen molar-refractivity contribution >= 4 is 41.7 Å². The number of hydrogen-bond acceptors (Lipinski definition) is 4. The van der Waals surface area contributed by atoms with Gasteiger partial charge in [-0.1, -0.05) is 19.9 Å². The largest absolute Gasteiger partial charge is 0.356 e. The SMILES string of the molecule is CCN(CC)CCCC(C)NC(=NC)NCCC(=O)Nc1cccc(C)n1.I. The first kappa shape index (κ1) is 26.6. The molecule has 0 radical (unpaired) electrons. The summed E-state index contributed by atoms with van der Waals surface area (Å²) in [5.74, 6) is 1.25. The maximum atomic E-state index is 12.0.